The standard InChI is InChI=1S/C76H96N10O12/c1-10-77-73(94)69-82-81-68(60-43-59(49(6)7)64(87)44-65(60)88)86(69)57-26-21-52(22-27-57)45-84-35-31-54(32-36-84)74(95)85-37-33-56(34-38-85)83(9)75(96)98-58-28-24-53(25-29-58)70(91)78-61(30-23-50-17-13-11-14-18-50)72(93)79-62(39-47(2)3)66(89)42-55(41-51-19-15-12-16-20-51)71(92)80-63(40-48(4)5)67(90)76(8)46-97-76/h11-22,24-29,43-44,47-49,54-56,61-63,87-88H,10,23,30-42,45-46H2,1-9H3,(H,77,94)(H,78,91)(H,79,93)(H,80,92)/t55-,61+,62+,63+,76-/m1/s1. The molecule has 0 unspecified atom stereocenters. The third-order valence-electron chi connectivity index (χ3n) is 18.9. The van der Waals surface area contributed by atoms with Gasteiger partial charge in [-0.2, -0.15) is 0 Å². The molecular weight excluding hydrogens is 1240 g/mol. The number of nitrogens with zero attached hydrogens (tertiary/aromatic N) is 6. The second-order valence-electron chi connectivity index (χ2n) is 27.8. The summed E-state index contributed by atoms with van der Waals surface area (Å²) in [6.45, 7) is 18.9. The maximum atomic E-state index is 14.6. The van der Waals surface area contributed by atoms with E-state index in [1.807, 2.05) is 138 Å². The number of benzene rings is 5. The number of aromatic hydroxyl groups is 2. The van der Waals surface area contributed by atoms with Crippen molar-refractivity contribution in [3.05, 3.63) is 155 Å². The third-order valence-corrected chi connectivity index (χ3v) is 18.9. The largest absolute Gasteiger partial charge is 0.508 e. The van der Waals surface area contributed by atoms with Crippen molar-refractivity contribution in [1.29, 1.82) is 0 Å². The van der Waals surface area contributed by atoms with E-state index < -0.39 is 59.4 Å². The van der Waals surface area contributed by atoms with Crippen LogP contribution in [0.5, 0.6) is 17.2 Å². The summed E-state index contributed by atoms with van der Waals surface area (Å²) in [6, 6.07) is 32.5. The highest BCUT2D eigenvalue weighted by molar-refractivity contribution is 6.00. The first-order valence-corrected chi connectivity index (χ1v) is 34.5. The van der Waals surface area contributed by atoms with E-state index >= 15 is 0 Å². The number of aromatic nitrogens is 3. The molecule has 3 aliphatic rings. The minimum Gasteiger partial charge on any atom is -0.508 e. The minimum absolute atomic E-state index is 0.0384. The number of carbonyl (C=O) groups excluding carboxylic acids is 8. The van der Waals surface area contributed by atoms with Gasteiger partial charge in [0.2, 0.25) is 23.5 Å². The van der Waals surface area contributed by atoms with Crippen molar-refractivity contribution in [2.45, 2.75) is 162 Å². The molecular formula is C76H96N10O12. The summed E-state index contributed by atoms with van der Waals surface area (Å²) < 4.78 is 12.9. The van der Waals surface area contributed by atoms with Crippen LogP contribution in [0.2, 0.25) is 0 Å². The third kappa shape index (κ3) is 19.1. The number of amides is 6. The number of ether oxygens (including phenoxy) is 2. The van der Waals surface area contributed by atoms with E-state index in [0.717, 1.165) is 29.8 Å². The molecule has 1 aromatic heterocycles. The van der Waals surface area contributed by atoms with E-state index in [0.29, 0.717) is 81.5 Å². The van der Waals surface area contributed by atoms with Crippen LogP contribution in [0.25, 0.3) is 17.1 Å². The zero-order valence-corrected chi connectivity index (χ0v) is 57.9. The molecule has 22 nitrogen and oxygen atoms in total. The number of phenolic OH excluding ortho intramolecular Hbond substituents is 2. The predicted molar refractivity (Wildman–Crippen MR) is 371 cm³/mol. The SMILES string of the molecule is CCNC(=O)c1nnc(-c2cc(C(C)C)c(O)cc2O)n1-c1ccc(CN2CCC(C(=O)N3CCC(N(C)C(=O)Oc4ccc(C(=O)N[C@@H](CCc5ccccc5)C(=O)N[C@@H](CC(C)C)C(=O)C[C@@H](Cc5ccccc5)C(=O)N[C@@H](CC(C)C)C(=O)[C@@]5(C)CO5)cc4)CC3)CC2)cc1. The van der Waals surface area contributed by atoms with Crippen LogP contribution in [0.3, 0.4) is 0 Å². The van der Waals surface area contributed by atoms with Crippen molar-refractivity contribution in [3.63, 3.8) is 0 Å². The molecule has 4 heterocycles. The molecule has 0 saturated carbocycles. The number of piperidine rings is 2. The summed E-state index contributed by atoms with van der Waals surface area (Å²) in [4.78, 5) is 118. The van der Waals surface area contributed by atoms with Gasteiger partial charge in [-0.15, -0.1) is 10.2 Å². The highest BCUT2D eigenvalue weighted by Crippen LogP contribution is 2.39. The van der Waals surface area contributed by atoms with E-state index in [9.17, 15) is 48.6 Å². The van der Waals surface area contributed by atoms with Crippen molar-refractivity contribution < 1.29 is 58.0 Å². The highest BCUT2D eigenvalue weighted by atomic mass is 16.6. The molecule has 6 amide bonds. The van der Waals surface area contributed by atoms with Crippen LogP contribution in [-0.4, -0.2) is 163 Å². The molecule has 3 aliphatic heterocycles. The summed E-state index contributed by atoms with van der Waals surface area (Å²) in [7, 11) is 1.68. The second-order valence-corrected chi connectivity index (χ2v) is 27.8. The average Bonchev–Trinajstić information content (AvgIpc) is 1.45. The maximum Gasteiger partial charge on any atom is 0.415 e. The zero-order chi connectivity index (χ0) is 70.4. The Hall–Kier alpha value is -9.28. The van der Waals surface area contributed by atoms with Crippen molar-refractivity contribution >= 4 is 47.2 Å². The first kappa shape index (κ1) is 73.0. The van der Waals surface area contributed by atoms with Crippen LogP contribution in [-0.2, 0) is 48.1 Å². The fourth-order valence-corrected chi connectivity index (χ4v) is 13.0. The quantitative estimate of drug-likeness (QED) is 0.0229. The monoisotopic (exact) mass is 1340 g/mol. The van der Waals surface area contributed by atoms with Gasteiger partial charge in [0, 0.05) is 74.8 Å². The molecule has 6 aromatic rings. The van der Waals surface area contributed by atoms with Crippen molar-refractivity contribution in [2.24, 2.45) is 23.7 Å². The molecule has 522 valence electrons. The lowest BCUT2D eigenvalue weighted by Gasteiger charge is -2.39. The number of ketones is 2. The maximum absolute atomic E-state index is 14.6. The van der Waals surface area contributed by atoms with E-state index in [2.05, 4.69) is 36.4 Å². The van der Waals surface area contributed by atoms with Gasteiger partial charge in [0.05, 0.1) is 24.3 Å². The number of aryl methyl sites for hydroxylation is 1. The molecule has 5 aromatic carbocycles. The Morgan fingerprint density at radius 2 is 1.30 bits per heavy atom. The predicted octanol–water partition coefficient (Wildman–Crippen LogP) is 9.52. The Kier molecular flexibility index (Phi) is 24.8. The number of likely N-dealkylation sites (tertiary alicyclic amines) is 2. The summed E-state index contributed by atoms with van der Waals surface area (Å²) in [5.41, 5.74) is 3.60. The number of phenols is 2. The lowest BCUT2D eigenvalue weighted by Crippen LogP contribution is -2.53. The molecule has 0 radical (unpaired) electrons. The van der Waals surface area contributed by atoms with Crippen LogP contribution in [0.15, 0.2) is 121 Å². The Morgan fingerprint density at radius 3 is 1.90 bits per heavy atom. The summed E-state index contributed by atoms with van der Waals surface area (Å²) >= 11 is 0. The minimum atomic E-state index is -1.08. The molecule has 9 rings (SSSR count). The van der Waals surface area contributed by atoms with Gasteiger partial charge in [-0.05, 0) is 167 Å². The van der Waals surface area contributed by atoms with E-state index in [-0.39, 0.29) is 114 Å². The first-order valence-electron chi connectivity index (χ1n) is 34.5. The van der Waals surface area contributed by atoms with Crippen LogP contribution in [0.1, 0.15) is 156 Å². The molecule has 98 heavy (non-hydrogen) atoms. The Balaban J connectivity index is 0.762. The topological polar surface area (TPSA) is 287 Å². The fourth-order valence-electron chi connectivity index (χ4n) is 13.0. The van der Waals surface area contributed by atoms with Gasteiger partial charge in [0.15, 0.2) is 17.4 Å². The fraction of sp³-hybridized carbons (Fsp3) is 0.474. The highest BCUT2D eigenvalue weighted by Gasteiger charge is 2.50. The molecule has 0 bridgehead atoms. The lowest BCUT2D eigenvalue weighted by atomic mass is 9.87. The van der Waals surface area contributed by atoms with Crippen molar-refractivity contribution in [2.75, 3.05) is 46.4 Å². The summed E-state index contributed by atoms with van der Waals surface area (Å²) in [5.74, 6) is -3.16. The smallest absolute Gasteiger partial charge is 0.415 e. The molecule has 3 fully saturated rings. The Morgan fingerprint density at radius 1 is 0.684 bits per heavy atom. The number of carbonyl (C=O) groups is 8. The Bertz CT molecular complexity index is 3750. The Labute approximate surface area is 574 Å². The van der Waals surface area contributed by atoms with Crippen molar-refractivity contribution in [1.82, 2.24) is 50.7 Å². The first-order chi connectivity index (χ1) is 46.9. The van der Waals surface area contributed by atoms with Gasteiger partial charge >= 0.3 is 6.09 Å². The number of nitrogens with one attached hydrogen (secondary N) is 4. The van der Waals surface area contributed by atoms with Crippen molar-refractivity contribution in [3.8, 4) is 34.3 Å². The molecule has 0 spiro atoms. The van der Waals surface area contributed by atoms with E-state index in [1.54, 1.807) is 29.5 Å². The summed E-state index contributed by atoms with van der Waals surface area (Å²) in [6.07, 6.45) is 3.24. The molecule has 0 aliphatic carbocycles. The van der Waals surface area contributed by atoms with E-state index in [1.165, 1.54) is 30.3 Å². The average molecular weight is 1340 g/mol. The van der Waals surface area contributed by atoms with Crippen LogP contribution in [0, 0.1) is 23.7 Å². The van der Waals surface area contributed by atoms with Gasteiger partial charge in [-0.1, -0.05) is 114 Å². The second kappa shape index (κ2) is 33.3. The molecule has 3 saturated heterocycles. The number of epoxide rings is 1. The van der Waals surface area contributed by atoms with Gasteiger partial charge in [0.25, 0.3) is 11.8 Å². The van der Waals surface area contributed by atoms with E-state index in [4.69, 9.17) is 9.47 Å². The normalized spacial score (nSPS) is 17.2. The molecule has 5 atom stereocenters. The van der Waals surface area contributed by atoms with Crippen LogP contribution in [0.4, 0.5) is 4.79 Å². The van der Waals surface area contributed by atoms with Crippen LogP contribution >= 0.6 is 0 Å². The van der Waals surface area contributed by atoms with Gasteiger partial charge in [-0.3, -0.25) is 43.0 Å². The molecule has 22 heteroatoms. The summed E-state index contributed by atoms with van der Waals surface area (Å²) in [5, 5.41) is 41.7. The molecule has 6 N–H and O–H groups in total. The lowest BCUT2D eigenvalue weighted by molar-refractivity contribution is -0.138. The van der Waals surface area contributed by atoms with Gasteiger partial charge in [-0.25, -0.2) is 4.79 Å². The van der Waals surface area contributed by atoms with Gasteiger partial charge in [0.1, 0.15) is 28.9 Å². The number of hydrogen-bond donors (Lipinski definition) is 6. The van der Waals surface area contributed by atoms with Gasteiger partial charge < -0.3 is 50.8 Å². The number of hydrogen-bond acceptors (Lipinski definition) is 15. The number of rotatable bonds is 30. The zero-order valence-electron chi connectivity index (χ0n) is 57.9. The number of Topliss-reactive ketones (excluding diaryl/α,β-unsaturated/α-hetero) is 2. The van der Waals surface area contributed by atoms with Crippen LogP contribution < -0.4 is 26.0 Å².